The molecule has 0 aliphatic carbocycles. The molecular weight excluding hydrogens is 234 g/mol. The first-order valence-corrected chi connectivity index (χ1v) is 6.23. The Bertz CT molecular complexity index is 596. The molecule has 2 aromatic carbocycles. The first kappa shape index (κ1) is 12.9. The molecule has 0 radical (unpaired) electrons. The van der Waals surface area contributed by atoms with Gasteiger partial charge in [0.25, 0.3) is 0 Å². The molecule has 0 aliphatic heterocycles. The zero-order valence-corrected chi connectivity index (χ0v) is 10.6. The van der Waals surface area contributed by atoms with Crippen LogP contribution in [-0.4, -0.2) is 6.54 Å². The number of rotatable bonds is 5. The lowest BCUT2D eigenvalue weighted by Gasteiger charge is -2.02. The lowest BCUT2D eigenvalue weighted by molar-refractivity contribution is 0.996. The minimum atomic E-state index is 0.505. The average molecular weight is 249 g/mol. The maximum atomic E-state index is 8.18. The normalized spacial score (nSPS) is 10.3. The second kappa shape index (κ2) is 7.04. The average Bonchev–Trinajstić information content (AvgIpc) is 2.48. The Labute approximate surface area is 112 Å². The van der Waals surface area contributed by atoms with Crippen molar-refractivity contribution in [3.8, 4) is 11.1 Å². The molecule has 0 heterocycles. The summed E-state index contributed by atoms with van der Waals surface area (Å²) in [6, 6.07) is 18.7. The van der Waals surface area contributed by atoms with E-state index in [0.717, 1.165) is 12.0 Å². The molecule has 0 amide bonds. The van der Waals surface area contributed by atoms with Gasteiger partial charge in [0.15, 0.2) is 0 Å². The van der Waals surface area contributed by atoms with Crippen LogP contribution in [0.2, 0.25) is 0 Å². The van der Waals surface area contributed by atoms with E-state index in [9.17, 15) is 0 Å². The van der Waals surface area contributed by atoms with Crippen LogP contribution >= 0.6 is 0 Å². The lowest BCUT2D eigenvalue weighted by atomic mass is 10.0. The smallest absolute Gasteiger partial charge is 0.0292 e. The molecule has 0 fully saturated rings. The molecule has 0 aliphatic rings. The van der Waals surface area contributed by atoms with Gasteiger partial charge in [-0.3, -0.25) is 0 Å². The molecule has 0 atom stereocenters. The van der Waals surface area contributed by atoms with E-state index in [1.165, 1.54) is 11.1 Å². The molecule has 19 heavy (non-hydrogen) atoms. The Hall–Kier alpha value is -2.51. The standard InChI is InChI=1S/C16H15N3/c17-19-18-12-5-4-7-14-8-6-11-16(13-14)15-9-2-1-3-10-15/h1-4,6-11,13H,5,12H2. The third-order valence-electron chi connectivity index (χ3n) is 2.76. The predicted octanol–water partition coefficient (Wildman–Crippen LogP) is 5.07. The van der Waals surface area contributed by atoms with Crippen molar-refractivity contribution in [1.82, 2.24) is 0 Å². The van der Waals surface area contributed by atoms with Gasteiger partial charge in [0.2, 0.25) is 0 Å². The van der Waals surface area contributed by atoms with E-state index in [1.807, 2.05) is 24.3 Å². The fourth-order valence-corrected chi connectivity index (χ4v) is 1.85. The van der Waals surface area contributed by atoms with Gasteiger partial charge in [0.1, 0.15) is 0 Å². The first-order valence-electron chi connectivity index (χ1n) is 6.23. The Morgan fingerprint density at radius 1 is 1.00 bits per heavy atom. The van der Waals surface area contributed by atoms with Gasteiger partial charge in [-0.25, -0.2) is 0 Å². The molecule has 0 spiro atoms. The highest BCUT2D eigenvalue weighted by Crippen LogP contribution is 2.20. The van der Waals surface area contributed by atoms with Crippen LogP contribution in [0.25, 0.3) is 27.6 Å². The van der Waals surface area contributed by atoms with Crippen LogP contribution in [0.1, 0.15) is 12.0 Å². The third kappa shape index (κ3) is 4.02. The van der Waals surface area contributed by atoms with Crippen LogP contribution in [-0.2, 0) is 0 Å². The van der Waals surface area contributed by atoms with Crippen molar-refractivity contribution in [2.45, 2.75) is 6.42 Å². The second-order valence-electron chi connectivity index (χ2n) is 4.14. The fraction of sp³-hybridized carbons (Fsp3) is 0.125. The molecule has 3 nitrogen and oxygen atoms in total. The first-order chi connectivity index (χ1) is 9.40. The van der Waals surface area contributed by atoms with Gasteiger partial charge in [0.05, 0.1) is 0 Å². The summed E-state index contributed by atoms with van der Waals surface area (Å²) in [6.45, 7) is 0.505. The van der Waals surface area contributed by atoms with Gasteiger partial charge >= 0.3 is 0 Å². The van der Waals surface area contributed by atoms with Gasteiger partial charge in [-0.05, 0) is 34.7 Å². The Balaban J connectivity index is 2.09. The third-order valence-corrected chi connectivity index (χ3v) is 2.76. The molecule has 0 bridgehead atoms. The maximum Gasteiger partial charge on any atom is 0.0292 e. The van der Waals surface area contributed by atoms with Crippen molar-refractivity contribution in [2.24, 2.45) is 5.11 Å². The van der Waals surface area contributed by atoms with Crippen molar-refractivity contribution in [3.63, 3.8) is 0 Å². The summed E-state index contributed by atoms with van der Waals surface area (Å²) >= 11 is 0. The zero-order valence-electron chi connectivity index (χ0n) is 10.6. The molecular formula is C16H15N3. The van der Waals surface area contributed by atoms with E-state index in [1.54, 1.807) is 0 Å². The quantitative estimate of drug-likeness (QED) is 0.307. The van der Waals surface area contributed by atoms with E-state index >= 15 is 0 Å². The van der Waals surface area contributed by atoms with Gasteiger partial charge < -0.3 is 0 Å². The van der Waals surface area contributed by atoms with Crippen LogP contribution in [0.5, 0.6) is 0 Å². The number of benzene rings is 2. The monoisotopic (exact) mass is 249 g/mol. The summed E-state index contributed by atoms with van der Waals surface area (Å²) in [5.74, 6) is 0. The Kier molecular flexibility index (Phi) is 4.79. The van der Waals surface area contributed by atoms with E-state index in [4.69, 9.17) is 5.53 Å². The van der Waals surface area contributed by atoms with Gasteiger partial charge in [-0.15, -0.1) is 0 Å². The minimum absolute atomic E-state index is 0.505. The van der Waals surface area contributed by atoms with E-state index < -0.39 is 0 Å². The van der Waals surface area contributed by atoms with Crippen LogP contribution in [0, 0.1) is 0 Å². The topological polar surface area (TPSA) is 48.8 Å². The largest absolute Gasteiger partial charge is 0.0937 e. The van der Waals surface area contributed by atoms with Gasteiger partial charge in [0, 0.05) is 11.5 Å². The van der Waals surface area contributed by atoms with Crippen molar-refractivity contribution >= 4 is 6.08 Å². The SMILES string of the molecule is [N-]=[N+]=NCCC=Cc1cccc(-c2ccccc2)c1. The number of hydrogen-bond donors (Lipinski definition) is 0. The maximum absolute atomic E-state index is 8.18. The summed E-state index contributed by atoms with van der Waals surface area (Å²) < 4.78 is 0. The van der Waals surface area contributed by atoms with Gasteiger partial charge in [-0.2, -0.15) is 0 Å². The van der Waals surface area contributed by atoms with Crippen molar-refractivity contribution in [3.05, 3.63) is 76.7 Å². The van der Waals surface area contributed by atoms with Crippen molar-refractivity contribution < 1.29 is 0 Å². The van der Waals surface area contributed by atoms with Crippen LogP contribution in [0.3, 0.4) is 0 Å². The molecule has 0 saturated heterocycles. The molecule has 2 aromatic rings. The molecule has 3 heteroatoms. The van der Waals surface area contributed by atoms with Crippen LogP contribution in [0.4, 0.5) is 0 Å². The summed E-state index contributed by atoms with van der Waals surface area (Å²) in [6.07, 6.45) is 4.84. The lowest BCUT2D eigenvalue weighted by Crippen LogP contribution is -1.79. The Morgan fingerprint density at radius 2 is 1.79 bits per heavy atom. The van der Waals surface area contributed by atoms with E-state index in [0.29, 0.717) is 6.54 Å². The predicted molar refractivity (Wildman–Crippen MR) is 79.5 cm³/mol. The highest BCUT2D eigenvalue weighted by Gasteiger charge is 1.96. The highest BCUT2D eigenvalue weighted by atomic mass is 15.1. The molecule has 0 unspecified atom stereocenters. The second-order valence-corrected chi connectivity index (χ2v) is 4.14. The van der Waals surface area contributed by atoms with Gasteiger partial charge in [-0.1, -0.05) is 65.8 Å². The summed E-state index contributed by atoms with van der Waals surface area (Å²) in [4.78, 5) is 2.73. The number of azide groups is 1. The summed E-state index contributed by atoms with van der Waals surface area (Å²) in [7, 11) is 0. The molecule has 0 N–H and O–H groups in total. The molecule has 0 aromatic heterocycles. The molecule has 94 valence electrons. The number of nitrogens with zero attached hydrogens (tertiary/aromatic N) is 3. The van der Waals surface area contributed by atoms with Crippen LogP contribution in [0.15, 0.2) is 65.8 Å². The van der Waals surface area contributed by atoms with E-state index in [-0.39, 0.29) is 0 Å². The molecule has 0 saturated carbocycles. The Morgan fingerprint density at radius 3 is 2.58 bits per heavy atom. The van der Waals surface area contributed by atoms with Crippen molar-refractivity contribution in [2.75, 3.05) is 6.54 Å². The van der Waals surface area contributed by atoms with Crippen LogP contribution < -0.4 is 0 Å². The van der Waals surface area contributed by atoms with E-state index in [2.05, 4.69) is 52.5 Å². The summed E-state index contributed by atoms with van der Waals surface area (Å²) in [5.41, 5.74) is 11.8. The van der Waals surface area contributed by atoms with Crippen molar-refractivity contribution in [1.29, 1.82) is 0 Å². The number of hydrogen-bond acceptors (Lipinski definition) is 1. The fourth-order valence-electron chi connectivity index (χ4n) is 1.85. The minimum Gasteiger partial charge on any atom is -0.0937 e. The highest BCUT2D eigenvalue weighted by molar-refractivity contribution is 5.67. The molecule has 2 rings (SSSR count). The zero-order chi connectivity index (χ0) is 13.3. The summed E-state index contributed by atoms with van der Waals surface area (Å²) in [5, 5.41) is 3.50.